The molecule has 0 N–H and O–H groups in total. The van der Waals surface area contributed by atoms with Crippen molar-refractivity contribution in [3.63, 3.8) is 0 Å². The molecular weight excluding hydrogens is 863 g/mol. The molecule has 0 aliphatic heterocycles. The van der Waals surface area contributed by atoms with Crippen molar-refractivity contribution in [1.29, 1.82) is 10.5 Å². The van der Waals surface area contributed by atoms with Gasteiger partial charge in [-0.05, 0) is 164 Å². The second-order valence-corrected chi connectivity index (χ2v) is 18.8. The number of nitrogens with zero attached hydrogens (tertiary/aromatic N) is 5. The van der Waals surface area contributed by atoms with Gasteiger partial charge < -0.3 is 4.57 Å². The molecule has 71 heavy (non-hydrogen) atoms. The van der Waals surface area contributed by atoms with Crippen LogP contribution >= 0.6 is 0 Å². The van der Waals surface area contributed by atoms with E-state index in [1.165, 1.54) is 44.5 Å². The summed E-state index contributed by atoms with van der Waals surface area (Å²) in [5.74, 6) is 0.552. The second-order valence-electron chi connectivity index (χ2n) is 18.8. The standard InChI is InChI=1S/C66H49N5/c1-40-27-42(3)63(43(4)28-40)52-23-25-61-57(33-52)58-34-53(64-44(5)29-41(2)30-45(64)6)24-26-62(58)71(61)65-55(50-21-13-15-46(31-50)38-67)35-54(36-56(65)51-22-14-16-47(32-51)39-68)66-69-59(48-17-9-7-10-18-48)37-60(70-66)49-19-11-8-12-20-49/h7-37H,1-6H3. The Balaban J connectivity index is 1.28. The topological polar surface area (TPSA) is 78.3 Å². The van der Waals surface area contributed by atoms with Crippen molar-refractivity contribution in [2.45, 2.75) is 41.5 Å². The Kier molecular flexibility index (Phi) is 11.3. The fraction of sp³-hybridized carbons (Fsp3) is 0.0909. The van der Waals surface area contributed by atoms with E-state index in [0.29, 0.717) is 17.0 Å². The minimum absolute atomic E-state index is 0.546. The van der Waals surface area contributed by atoms with Crippen LogP contribution in [-0.2, 0) is 0 Å². The highest BCUT2D eigenvalue weighted by Gasteiger charge is 2.25. The second kappa shape index (κ2) is 18.1. The van der Waals surface area contributed by atoms with Crippen molar-refractivity contribution in [1.82, 2.24) is 14.5 Å². The minimum atomic E-state index is 0.546. The van der Waals surface area contributed by atoms with Gasteiger partial charge in [-0.3, -0.25) is 0 Å². The lowest BCUT2D eigenvalue weighted by Crippen LogP contribution is -2.03. The van der Waals surface area contributed by atoms with Gasteiger partial charge in [0.1, 0.15) is 0 Å². The molecule has 11 aromatic rings. The van der Waals surface area contributed by atoms with Crippen molar-refractivity contribution in [2.24, 2.45) is 0 Å². The Morgan fingerprint density at radius 3 is 1.18 bits per heavy atom. The van der Waals surface area contributed by atoms with Gasteiger partial charge in [0.05, 0.1) is 51.4 Å². The Bertz CT molecular complexity index is 3720. The number of aromatic nitrogens is 3. The molecule has 0 atom stereocenters. The highest BCUT2D eigenvalue weighted by molar-refractivity contribution is 6.13. The summed E-state index contributed by atoms with van der Waals surface area (Å²) in [5, 5.41) is 23.0. The SMILES string of the molecule is Cc1cc(C)c(-c2ccc3c(c2)c2cc(-c4c(C)cc(C)cc4C)ccc2n3-c2c(-c3cccc(C#N)c3)cc(-c3nc(-c4ccccc4)cc(-c4ccccc4)n3)cc2-c2cccc(C#N)c2)c(C)c1. The summed E-state index contributed by atoms with van der Waals surface area (Å²) in [4.78, 5) is 10.6. The summed E-state index contributed by atoms with van der Waals surface area (Å²) < 4.78 is 2.39. The zero-order chi connectivity index (χ0) is 48.9. The van der Waals surface area contributed by atoms with E-state index in [9.17, 15) is 10.5 Å². The van der Waals surface area contributed by atoms with Gasteiger partial charge in [-0.1, -0.05) is 132 Å². The molecule has 5 heteroatoms. The molecule has 0 amide bonds. The van der Waals surface area contributed by atoms with Crippen LogP contribution in [0.4, 0.5) is 0 Å². The van der Waals surface area contributed by atoms with E-state index >= 15 is 0 Å². The molecule has 0 radical (unpaired) electrons. The predicted molar refractivity (Wildman–Crippen MR) is 292 cm³/mol. The van der Waals surface area contributed by atoms with Gasteiger partial charge in [-0.25, -0.2) is 9.97 Å². The molecule has 0 unspecified atom stereocenters. The Morgan fingerprint density at radius 2 is 0.775 bits per heavy atom. The van der Waals surface area contributed by atoms with E-state index in [1.807, 2.05) is 72.8 Å². The summed E-state index contributed by atoms with van der Waals surface area (Å²) in [6, 6.07) is 70.2. The van der Waals surface area contributed by atoms with E-state index < -0.39 is 0 Å². The predicted octanol–water partition coefficient (Wildman–Crippen LogP) is 16.8. The first-order valence-corrected chi connectivity index (χ1v) is 24.0. The molecule has 0 aliphatic rings. The summed E-state index contributed by atoms with van der Waals surface area (Å²) in [5.41, 5.74) is 24.1. The normalized spacial score (nSPS) is 11.2. The van der Waals surface area contributed by atoms with Crippen LogP contribution < -0.4 is 0 Å². The van der Waals surface area contributed by atoms with Crippen molar-refractivity contribution in [2.75, 3.05) is 0 Å². The molecule has 0 bridgehead atoms. The third-order valence-corrected chi connectivity index (χ3v) is 13.8. The highest BCUT2D eigenvalue weighted by atomic mass is 15.0. The van der Waals surface area contributed by atoms with Gasteiger partial charge in [-0.15, -0.1) is 0 Å². The molecule has 338 valence electrons. The van der Waals surface area contributed by atoms with Gasteiger partial charge in [0, 0.05) is 38.6 Å². The zero-order valence-electron chi connectivity index (χ0n) is 40.6. The summed E-state index contributed by atoms with van der Waals surface area (Å²) >= 11 is 0. The Labute approximate surface area is 415 Å². The number of hydrogen-bond donors (Lipinski definition) is 0. The van der Waals surface area contributed by atoms with Gasteiger partial charge >= 0.3 is 0 Å². The first-order valence-electron chi connectivity index (χ1n) is 24.0. The van der Waals surface area contributed by atoms with Crippen molar-refractivity contribution >= 4 is 21.8 Å². The van der Waals surface area contributed by atoms with Crippen LogP contribution in [0.2, 0.25) is 0 Å². The van der Waals surface area contributed by atoms with E-state index in [-0.39, 0.29) is 0 Å². The van der Waals surface area contributed by atoms with Crippen LogP contribution in [0.1, 0.15) is 44.5 Å². The number of fused-ring (bicyclic) bond motifs is 3. The number of hydrogen-bond acceptors (Lipinski definition) is 4. The van der Waals surface area contributed by atoms with Crippen LogP contribution in [-0.4, -0.2) is 14.5 Å². The third kappa shape index (κ3) is 8.14. The third-order valence-electron chi connectivity index (χ3n) is 13.8. The fourth-order valence-electron chi connectivity index (χ4n) is 10.9. The lowest BCUT2D eigenvalue weighted by atomic mass is 9.91. The maximum Gasteiger partial charge on any atom is 0.160 e. The van der Waals surface area contributed by atoms with Crippen LogP contribution in [0.15, 0.2) is 188 Å². The van der Waals surface area contributed by atoms with Gasteiger partial charge in [-0.2, -0.15) is 10.5 Å². The molecule has 0 saturated heterocycles. The van der Waals surface area contributed by atoms with Crippen LogP contribution in [0.5, 0.6) is 0 Å². The summed E-state index contributed by atoms with van der Waals surface area (Å²) in [6.45, 7) is 13.1. The van der Waals surface area contributed by atoms with E-state index in [0.717, 1.165) is 89.0 Å². The van der Waals surface area contributed by atoms with E-state index in [1.54, 1.807) is 0 Å². The zero-order valence-corrected chi connectivity index (χ0v) is 40.6. The lowest BCUT2D eigenvalue weighted by Gasteiger charge is -2.21. The van der Waals surface area contributed by atoms with E-state index in [4.69, 9.17) is 9.97 Å². The molecule has 0 saturated carbocycles. The van der Waals surface area contributed by atoms with Crippen molar-refractivity contribution < 1.29 is 0 Å². The summed E-state index contributed by atoms with van der Waals surface area (Å²) in [7, 11) is 0. The first kappa shape index (κ1) is 44.4. The van der Waals surface area contributed by atoms with Crippen molar-refractivity contribution in [3.05, 3.63) is 233 Å². The maximum absolute atomic E-state index is 10.4. The van der Waals surface area contributed by atoms with Crippen LogP contribution in [0, 0.1) is 64.2 Å². The maximum atomic E-state index is 10.4. The molecular formula is C66H49N5. The average molecular weight is 912 g/mol. The molecule has 0 fully saturated rings. The minimum Gasteiger partial charge on any atom is -0.308 e. The lowest BCUT2D eigenvalue weighted by molar-refractivity contribution is 1.16. The molecule has 0 aliphatic carbocycles. The molecule has 11 rings (SSSR count). The number of aryl methyl sites for hydroxylation is 6. The van der Waals surface area contributed by atoms with Crippen LogP contribution in [0.3, 0.4) is 0 Å². The van der Waals surface area contributed by atoms with Crippen molar-refractivity contribution in [3.8, 4) is 96.2 Å². The average Bonchev–Trinajstić information content (AvgIpc) is 3.70. The molecule has 0 spiro atoms. The van der Waals surface area contributed by atoms with Gasteiger partial charge in [0.2, 0.25) is 0 Å². The van der Waals surface area contributed by atoms with Crippen LogP contribution in [0.25, 0.3) is 106 Å². The largest absolute Gasteiger partial charge is 0.308 e. The molecule has 9 aromatic carbocycles. The highest BCUT2D eigenvalue weighted by Crippen LogP contribution is 2.46. The quantitative estimate of drug-likeness (QED) is 0.152. The molecule has 2 heterocycles. The Morgan fingerprint density at radius 1 is 0.366 bits per heavy atom. The van der Waals surface area contributed by atoms with E-state index in [2.05, 4.69) is 174 Å². The Hall–Kier alpha value is -9.16. The molecule has 5 nitrogen and oxygen atoms in total. The van der Waals surface area contributed by atoms with Gasteiger partial charge in [0.25, 0.3) is 0 Å². The smallest absolute Gasteiger partial charge is 0.160 e. The fourth-order valence-corrected chi connectivity index (χ4v) is 10.9. The number of rotatable bonds is 8. The molecule has 2 aromatic heterocycles. The van der Waals surface area contributed by atoms with Gasteiger partial charge in [0.15, 0.2) is 5.82 Å². The first-order chi connectivity index (χ1) is 34.5. The number of nitriles is 2. The summed E-state index contributed by atoms with van der Waals surface area (Å²) in [6.07, 6.45) is 0. The number of benzene rings is 9. The monoisotopic (exact) mass is 911 g/mol.